The van der Waals surface area contributed by atoms with Gasteiger partial charge in [-0.2, -0.15) is 13.2 Å². The maximum atomic E-state index is 14.1. The number of aromatic nitrogens is 3. The van der Waals surface area contributed by atoms with Gasteiger partial charge in [0, 0.05) is 23.0 Å². The first-order valence-electron chi connectivity index (χ1n) is 10.5. The molecule has 1 aromatic carbocycles. The molecule has 0 spiro atoms. The summed E-state index contributed by atoms with van der Waals surface area (Å²) in [5.74, 6) is -1.62. The van der Waals surface area contributed by atoms with Gasteiger partial charge in [-0.15, -0.1) is 0 Å². The number of carbonyl (C=O) groups excluding carboxylic acids is 1. The highest BCUT2D eigenvalue weighted by Crippen LogP contribution is 2.37. The Morgan fingerprint density at radius 3 is 2.71 bits per heavy atom. The van der Waals surface area contributed by atoms with Crippen LogP contribution in [0.5, 0.6) is 0 Å². The summed E-state index contributed by atoms with van der Waals surface area (Å²) in [7, 11) is 0. The number of piperidine rings is 1. The molecule has 1 aliphatic rings. The molecule has 1 aliphatic heterocycles. The summed E-state index contributed by atoms with van der Waals surface area (Å²) in [6, 6.07) is 2.62. The van der Waals surface area contributed by atoms with Crippen molar-refractivity contribution < 1.29 is 22.4 Å². The van der Waals surface area contributed by atoms with E-state index in [0.29, 0.717) is 17.5 Å². The van der Waals surface area contributed by atoms with Crippen LogP contribution in [-0.4, -0.2) is 38.3 Å². The summed E-state index contributed by atoms with van der Waals surface area (Å²) in [5, 5.41) is 2.89. The first-order chi connectivity index (χ1) is 16.1. The van der Waals surface area contributed by atoms with E-state index in [4.69, 9.17) is 11.6 Å². The average Bonchev–Trinajstić information content (AvgIpc) is 3.17. The van der Waals surface area contributed by atoms with Crippen LogP contribution >= 0.6 is 22.9 Å². The summed E-state index contributed by atoms with van der Waals surface area (Å²) in [5.41, 5.74) is -0.910. The number of amides is 1. The van der Waals surface area contributed by atoms with Crippen LogP contribution < -0.4 is 5.32 Å². The number of halogens is 5. The molecule has 180 valence electrons. The van der Waals surface area contributed by atoms with Crippen molar-refractivity contribution in [3.05, 3.63) is 57.7 Å². The molecule has 12 heteroatoms. The normalized spacial score (nSPS) is 17.1. The summed E-state index contributed by atoms with van der Waals surface area (Å²) in [6.45, 7) is 3.34. The maximum absolute atomic E-state index is 14.1. The van der Waals surface area contributed by atoms with Crippen LogP contribution in [0.25, 0.3) is 11.3 Å². The number of nitrogens with one attached hydrogen (secondary N) is 1. The molecule has 3 aromatic rings. The van der Waals surface area contributed by atoms with Crippen LogP contribution in [0.4, 0.5) is 22.7 Å². The lowest BCUT2D eigenvalue weighted by molar-refractivity contribution is -0.137. The molecule has 6 nitrogen and oxygen atoms in total. The van der Waals surface area contributed by atoms with Crippen LogP contribution in [-0.2, 0) is 12.7 Å². The Bertz CT molecular complexity index is 1190. The molecule has 3 heterocycles. The highest BCUT2D eigenvalue weighted by molar-refractivity contribution is 7.16. The Morgan fingerprint density at radius 2 is 2.03 bits per heavy atom. The van der Waals surface area contributed by atoms with Gasteiger partial charge >= 0.3 is 6.18 Å². The highest BCUT2D eigenvalue weighted by atomic mass is 35.5. The lowest BCUT2D eigenvalue weighted by atomic mass is 10.0. The number of benzene rings is 1. The minimum absolute atomic E-state index is 0.00235. The fourth-order valence-electron chi connectivity index (χ4n) is 3.80. The second kappa shape index (κ2) is 9.93. The molecule has 0 aliphatic carbocycles. The second-order valence-electron chi connectivity index (χ2n) is 8.01. The molecule has 1 unspecified atom stereocenters. The summed E-state index contributed by atoms with van der Waals surface area (Å²) in [4.78, 5) is 27.5. The maximum Gasteiger partial charge on any atom is 0.416 e. The Morgan fingerprint density at radius 1 is 1.24 bits per heavy atom. The number of hydrogen-bond donors (Lipinski definition) is 1. The van der Waals surface area contributed by atoms with Crippen molar-refractivity contribution in [2.45, 2.75) is 44.9 Å². The molecule has 1 N–H and O–H groups in total. The van der Waals surface area contributed by atoms with E-state index in [1.54, 1.807) is 0 Å². The quantitative estimate of drug-likeness (QED) is 0.421. The van der Waals surface area contributed by atoms with Gasteiger partial charge in [-0.05, 0) is 44.5 Å². The molecule has 1 atom stereocenters. The molecular formula is C22H20ClF4N5OS. The number of alkyl halides is 3. The average molecular weight is 514 g/mol. The van der Waals surface area contributed by atoms with E-state index in [1.165, 1.54) is 12.4 Å². The van der Waals surface area contributed by atoms with Crippen molar-refractivity contribution in [1.82, 2.24) is 19.9 Å². The molecular weight excluding hydrogens is 494 g/mol. The van der Waals surface area contributed by atoms with Gasteiger partial charge < -0.3 is 0 Å². The third kappa shape index (κ3) is 5.70. The van der Waals surface area contributed by atoms with Gasteiger partial charge in [0.2, 0.25) is 0 Å². The molecule has 0 bridgehead atoms. The largest absolute Gasteiger partial charge is 0.416 e. The number of anilines is 1. The minimum Gasteiger partial charge on any atom is -0.296 e. The summed E-state index contributed by atoms with van der Waals surface area (Å²) < 4.78 is 54.1. The van der Waals surface area contributed by atoms with E-state index in [2.05, 4.69) is 32.1 Å². The fraction of sp³-hybridized carbons (Fsp3) is 0.364. The fourth-order valence-corrected chi connectivity index (χ4v) is 4.90. The van der Waals surface area contributed by atoms with E-state index < -0.39 is 23.5 Å². The van der Waals surface area contributed by atoms with E-state index in [1.807, 2.05) is 0 Å². The van der Waals surface area contributed by atoms with Crippen molar-refractivity contribution in [1.29, 1.82) is 0 Å². The van der Waals surface area contributed by atoms with Gasteiger partial charge in [-0.25, -0.2) is 19.3 Å². The monoisotopic (exact) mass is 513 g/mol. The highest BCUT2D eigenvalue weighted by Gasteiger charge is 2.32. The number of hydrogen-bond acceptors (Lipinski definition) is 6. The predicted octanol–water partition coefficient (Wildman–Crippen LogP) is 6.04. The molecule has 34 heavy (non-hydrogen) atoms. The minimum atomic E-state index is -4.71. The third-order valence-corrected chi connectivity index (χ3v) is 6.71. The number of thiazole rings is 1. The standard InChI is InChI=1S/C22H20ClF4N5OS/c1-12-4-2-3-5-32(12)11-17-19(13-6-14(22(25,26)27)8-15(24)7-13)30-21(34-17)31-20(33)16-9-29-18(23)10-28-16/h6-10,12H,2-5,11H2,1H3,(H,30,31,33). The second-order valence-corrected chi connectivity index (χ2v) is 9.48. The Labute approximate surface area is 202 Å². The molecule has 1 fully saturated rings. The zero-order chi connectivity index (χ0) is 24.5. The van der Waals surface area contributed by atoms with Crippen molar-refractivity contribution in [2.75, 3.05) is 11.9 Å². The third-order valence-electron chi connectivity index (χ3n) is 5.56. The van der Waals surface area contributed by atoms with Crippen molar-refractivity contribution in [3.8, 4) is 11.3 Å². The molecule has 0 radical (unpaired) electrons. The molecule has 1 amide bonds. The molecule has 4 rings (SSSR count). The number of carbonyl (C=O) groups is 1. The molecule has 0 saturated carbocycles. The van der Waals surface area contributed by atoms with Gasteiger partial charge in [0.25, 0.3) is 5.91 Å². The van der Waals surface area contributed by atoms with Crippen molar-refractivity contribution in [2.24, 2.45) is 0 Å². The van der Waals surface area contributed by atoms with Gasteiger partial charge in [-0.3, -0.25) is 15.0 Å². The first-order valence-corrected chi connectivity index (χ1v) is 11.7. The molecule has 1 saturated heterocycles. The van der Waals surface area contributed by atoms with Gasteiger partial charge in [-0.1, -0.05) is 29.4 Å². The zero-order valence-corrected chi connectivity index (χ0v) is 19.6. The van der Waals surface area contributed by atoms with E-state index in [9.17, 15) is 22.4 Å². The topological polar surface area (TPSA) is 71.0 Å². The van der Waals surface area contributed by atoms with Gasteiger partial charge in [0.15, 0.2) is 5.13 Å². The Balaban J connectivity index is 1.70. The molecule has 2 aromatic heterocycles. The van der Waals surface area contributed by atoms with Crippen LogP contribution in [0.15, 0.2) is 30.6 Å². The van der Waals surface area contributed by atoms with E-state index >= 15 is 0 Å². The van der Waals surface area contributed by atoms with Crippen molar-refractivity contribution in [3.63, 3.8) is 0 Å². The summed E-state index contributed by atoms with van der Waals surface area (Å²) in [6.07, 6.45) is 0.831. The summed E-state index contributed by atoms with van der Waals surface area (Å²) >= 11 is 6.83. The SMILES string of the molecule is CC1CCCCN1Cc1sc(NC(=O)c2cnc(Cl)cn2)nc1-c1cc(F)cc(C(F)(F)F)c1. The van der Waals surface area contributed by atoms with Crippen LogP contribution in [0.2, 0.25) is 5.15 Å². The van der Waals surface area contributed by atoms with E-state index in [0.717, 1.165) is 49.3 Å². The van der Waals surface area contributed by atoms with Crippen LogP contribution in [0.3, 0.4) is 0 Å². The predicted molar refractivity (Wildman–Crippen MR) is 121 cm³/mol. The van der Waals surface area contributed by atoms with Crippen molar-refractivity contribution >= 4 is 34.0 Å². The Hall–Kier alpha value is -2.63. The van der Waals surface area contributed by atoms with Crippen LogP contribution in [0, 0.1) is 5.82 Å². The first kappa shape index (κ1) is 24.5. The number of likely N-dealkylation sites (tertiary alicyclic amines) is 1. The van der Waals surface area contributed by atoms with Crippen LogP contribution in [0.1, 0.15) is 47.1 Å². The zero-order valence-electron chi connectivity index (χ0n) is 18.0. The smallest absolute Gasteiger partial charge is 0.296 e. The van der Waals surface area contributed by atoms with Gasteiger partial charge in [0.05, 0.1) is 23.7 Å². The number of rotatable bonds is 5. The number of nitrogens with zero attached hydrogens (tertiary/aromatic N) is 4. The Kier molecular flexibility index (Phi) is 7.15. The van der Waals surface area contributed by atoms with E-state index in [-0.39, 0.29) is 33.3 Å². The lowest BCUT2D eigenvalue weighted by Gasteiger charge is -2.33. The van der Waals surface area contributed by atoms with Gasteiger partial charge in [0.1, 0.15) is 16.7 Å². The lowest BCUT2D eigenvalue weighted by Crippen LogP contribution is -2.36.